The zero-order valence-electron chi connectivity index (χ0n) is 16.4. The second-order valence-electron chi connectivity index (χ2n) is 6.50. The van der Waals surface area contributed by atoms with Gasteiger partial charge in [-0.3, -0.25) is 14.4 Å². The number of nitrogens with two attached hydrogens (primary N) is 3. The minimum Gasteiger partial charge on any atom is -0.393 e. The van der Waals surface area contributed by atoms with Crippen molar-refractivity contribution < 1.29 is 19.1 Å². The van der Waals surface area contributed by atoms with E-state index in [1.54, 1.807) is 30.5 Å². The van der Waals surface area contributed by atoms with Gasteiger partial charge in [0.15, 0.2) is 17.0 Å². The number of benzene rings is 1. The maximum absolute atomic E-state index is 11.0. The van der Waals surface area contributed by atoms with Crippen molar-refractivity contribution in [3.05, 3.63) is 41.7 Å². The molecule has 0 spiro atoms. The van der Waals surface area contributed by atoms with Crippen LogP contribution < -0.4 is 22.5 Å². The molecule has 1 aliphatic rings. The summed E-state index contributed by atoms with van der Waals surface area (Å²) in [6.07, 6.45) is 3.02. The average molecular weight is 424 g/mol. The van der Waals surface area contributed by atoms with E-state index in [0.29, 0.717) is 48.2 Å². The number of anilines is 3. The molecular formula is C19H20N8O4. The van der Waals surface area contributed by atoms with E-state index in [0.717, 1.165) is 5.69 Å². The molecule has 0 bridgehead atoms. The number of ether oxygens (including phenoxy) is 1. The lowest BCUT2D eigenvalue weighted by atomic mass is 10.2. The number of hydrogen-bond acceptors (Lipinski definition) is 11. The highest BCUT2D eigenvalue weighted by Crippen LogP contribution is 2.16. The third kappa shape index (κ3) is 5.82. The normalized spacial score (nSPS) is 13.2. The SMILES string of the molecule is NC(=O)c1ccc(NCc2cnc3nc(N)nc(N)c3n2)cc1.O=C1CCCC(=O)O1. The molecule has 2 aromatic heterocycles. The Labute approximate surface area is 176 Å². The summed E-state index contributed by atoms with van der Waals surface area (Å²) in [5.41, 5.74) is 19.2. The third-order valence-electron chi connectivity index (χ3n) is 4.13. The molecule has 0 aliphatic carbocycles. The predicted molar refractivity (Wildman–Crippen MR) is 111 cm³/mol. The van der Waals surface area contributed by atoms with E-state index in [-0.39, 0.29) is 23.7 Å². The van der Waals surface area contributed by atoms with Crippen LogP contribution in [0, 0.1) is 0 Å². The number of carbonyl (C=O) groups excluding carboxylic acids is 3. The minimum atomic E-state index is -0.466. The molecule has 7 N–H and O–H groups in total. The van der Waals surface area contributed by atoms with E-state index >= 15 is 0 Å². The van der Waals surface area contributed by atoms with Gasteiger partial charge in [-0.05, 0) is 30.7 Å². The smallest absolute Gasteiger partial charge is 0.313 e. The summed E-state index contributed by atoms with van der Waals surface area (Å²) in [6, 6.07) is 6.80. The molecule has 160 valence electrons. The van der Waals surface area contributed by atoms with Crippen LogP contribution in [0.2, 0.25) is 0 Å². The second kappa shape index (κ2) is 9.43. The van der Waals surface area contributed by atoms with E-state index < -0.39 is 5.91 Å². The lowest BCUT2D eigenvalue weighted by molar-refractivity contribution is -0.163. The number of nitrogens with zero attached hydrogens (tertiary/aromatic N) is 4. The van der Waals surface area contributed by atoms with Gasteiger partial charge in [0, 0.05) is 24.1 Å². The fourth-order valence-corrected chi connectivity index (χ4v) is 2.62. The van der Waals surface area contributed by atoms with Crippen LogP contribution in [0.25, 0.3) is 11.2 Å². The van der Waals surface area contributed by atoms with Gasteiger partial charge < -0.3 is 27.3 Å². The molecule has 1 saturated heterocycles. The van der Waals surface area contributed by atoms with E-state index in [4.69, 9.17) is 17.2 Å². The fraction of sp³-hybridized carbons (Fsp3) is 0.211. The predicted octanol–water partition coefficient (Wildman–Crippen LogP) is 0.535. The number of rotatable bonds is 4. The maximum atomic E-state index is 11.0. The number of amides is 1. The standard InChI is InChI=1S/C14H14N8O.C5H6O3/c15-11-10-13(22-14(17)21-11)19-6-9(20-10)5-18-8-3-1-7(2-4-8)12(16)23;6-4-2-1-3-5(7)8-4/h1-4,6,18H,5H2,(H2,16,23)(H4,15,17,19,21,22);1-3H2. The van der Waals surface area contributed by atoms with Crippen LogP contribution in [-0.2, 0) is 20.9 Å². The largest absolute Gasteiger partial charge is 0.393 e. The van der Waals surface area contributed by atoms with Gasteiger partial charge in [0.05, 0.1) is 18.4 Å². The minimum absolute atomic E-state index is 0.0599. The monoisotopic (exact) mass is 424 g/mol. The van der Waals surface area contributed by atoms with E-state index in [1.807, 2.05) is 0 Å². The lowest BCUT2D eigenvalue weighted by Crippen LogP contribution is -2.17. The van der Waals surface area contributed by atoms with Crippen molar-refractivity contribution in [1.29, 1.82) is 0 Å². The first-order valence-electron chi connectivity index (χ1n) is 9.23. The highest BCUT2D eigenvalue weighted by atomic mass is 16.6. The Hall–Kier alpha value is -4.35. The Bertz CT molecular complexity index is 1120. The van der Waals surface area contributed by atoms with E-state index in [2.05, 4.69) is 30.0 Å². The molecule has 31 heavy (non-hydrogen) atoms. The van der Waals surface area contributed by atoms with Gasteiger partial charge in [0.1, 0.15) is 0 Å². The van der Waals surface area contributed by atoms with Gasteiger partial charge in [-0.1, -0.05) is 0 Å². The van der Waals surface area contributed by atoms with Crippen LogP contribution in [0.3, 0.4) is 0 Å². The van der Waals surface area contributed by atoms with Crippen molar-refractivity contribution in [3.63, 3.8) is 0 Å². The summed E-state index contributed by atoms with van der Waals surface area (Å²) in [7, 11) is 0. The molecule has 0 unspecified atom stereocenters. The van der Waals surface area contributed by atoms with E-state index in [9.17, 15) is 14.4 Å². The number of nitrogens with one attached hydrogen (secondary N) is 1. The summed E-state index contributed by atoms with van der Waals surface area (Å²) in [5.74, 6) is -0.994. The van der Waals surface area contributed by atoms with Gasteiger partial charge in [-0.15, -0.1) is 0 Å². The van der Waals surface area contributed by atoms with Crippen molar-refractivity contribution in [3.8, 4) is 0 Å². The van der Waals surface area contributed by atoms with Crippen molar-refractivity contribution in [1.82, 2.24) is 19.9 Å². The van der Waals surface area contributed by atoms with Crippen LogP contribution in [0.5, 0.6) is 0 Å². The van der Waals surface area contributed by atoms with Gasteiger partial charge in [0.2, 0.25) is 11.9 Å². The summed E-state index contributed by atoms with van der Waals surface area (Å²) in [5, 5.41) is 3.16. The number of fused-ring (bicyclic) bond motifs is 1. The lowest BCUT2D eigenvalue weighted by Gasteiger charge is -2.07. The number of nitrogen functional groups attached to an aromatic ring is 2. The Morgan fingerprint density at radius 1 is 1.03 bits per heavy atom. The molecule has 1 aliphatic heterocycles. The fourth-order valence-electron chi connectivity index (χ4n) is 2.62. The summed E-state index contributed by atoms with van der Waals surface area (Å²) in [4.78, 5) is 47.9. The van der Waals surface area contributed by atoms with E-state index in [1.165, 1.54) is 0 Å². The first-order valence-corrected chi connectivity index (χ1v) is 9.23. The van der Waals surface area contributed by atoms with Crippen LogP contribution in [0.15, 0.2) is 30.5 Å². The van der Waals surface area contributed by atoms with Crippen LogP contribution in [0.4, 0.5) is 17.5 Å². The first kappa shape index (κ1) is 21.4. The number of aromatic nitrogens is 4. The first-order chi connectivity index (χ1) is 14.8. The molecule has 4 rings (SSSR count). The second-order valence-corrected chi connectivity index (χ2v) is 6.50. The number of carbonyl (C=O) groups is 3. The number of hydrogen-bond donors (Lipinski definition) is 4. The van der Waals surface area contributed by atoms with Crippen molar-refractivity contribution in [2.24, 2.45) is 5.73 Å². The van der Waals surface area contributed by atoms with Gasteiger partial charge in [-0.25, -0.2) is 9.97 Å². The van der Waals surface area contributed by atoms with Crippen molar-refractivity contribution >= 4 is 46.5 Å². The van der Waals surface area contributed by atoms with Crippen LogP contribution in [-0.4, -0.2) is 37.8 Å². The molecular weight excluding hydrogens is 404 g/mol. The number of cyclic esters (lactones) is 2. The Morgan fingerprint density at radius 3 is 2.29 bits per heavy atom. The molecule has 1 fully saturated rings. The van der Waals surface area contributed by atoms with Crippen molar-refractivity contribution in [2.75, 3.05) is 16.8 Å². The molecule has 12 heteroatoms. The third-order valence-corrected chi connectivity index (χ3v) is 4.13. The zero-order valence-corrected chi connectivity index (χ0v) is 16.4. The molecule has 12 nitrogen and oxygen atoms in total. The Morgan fingerprint density at radius 2 is 1.71 bits per heavy atom. The molecule has 1 amide bonds. The summed E-state index contributed by atoms with van der Waals surface area (Å²) in [6.45, 7) is 0.419. The number of esters is 2. The molecule has 0 atom stereocenters. The molecule has 3 heterocycles. The molecule has 0 radical (unpaired) electrons. The average Bonchev–Trinajstić information content (AvgIpc) is 2.73. The quantitative estimate of drug-likeness (QED) is 0.336. The highest BCUT2D eigenvalue weighted by molar-refractivity contribution is 5.93. The Kier molecular flexibility index (Phi) is 6.50. The van der Waals surface area contributed by atoms with Gasteiger partial charge in [0.25, 0.3) is 0 Å². The number of primary amides is 1. The molecule has 1 aromatic carbocycles. The maximum Gasteiger partial charge on any atom is 0.313 e. The van der Waals surface area contributed by atoms with Crippen molar-refractivity contribution in [2.45, 2.75) is 25.8 Å². The zero-order chi connectivity index (χ0) is 22.4. The highest BCUT2D eigenvalue weighted by Gasteiger charge is 2.16. The summed E-state index contributed by atoms with van der Waals surface area (Å²) < 4.78 is 4.21. The molecule has 0 saturated carbocycles. The van der Waals surface area contributed by atoms with Gasteiger partial charge >= 0.3 is 11.9 Å². The molecule has 3 aromatic rings. The van der Waals surface area contributed by atoms with Crippen LogP contribution >= 0.6 is 0 Å². The Balaban J connectivity index is 0.000000287. The van der Waals surface area contributed by atoms with Gasteiger partial charge in [-0.2, -0.15) is 9.97 Å². The summed E-state index contributed by atoms with van der Waals surface area (Å²) >= 11 is 0. The van der Waals surface area contributed by atoms with Crippen LogP contribution in [0.1, 0.15) is 35.3 Å². The topological polar surface area (TPSA) is 202 Å².